The average molecular weight is 377 g/mol. The maximum atomic E-state index is 13.4. The van der Waals surface area contributed by atoms with E-state index in [0.717, 1.165) is 14.2 Å². The van der Waals surface area contributed by atoms with Crippen LogP contribution in [-0.2, 0) is 37.1 Å². The maximum Gasteiger partial charge on any atom is 0.476 e. The molecule has 0 aliphatic carbocycles. The molecule has 24 heavy (non-hydrogen) atoms. The zero-order valence-electron chi connectivity index (χ0n) is 14.0. The van der Waals surface area contributed by atoms with Crippen LogP contribution in [0.25, 0.3) is 0 Å². The Morgan fingerprint density at radius 2 is 1.54 bits per heavy atom. The largest absolute Gasteiger partial charge is 0.476 e. The summed E-state index contributed by atoms with van der Waals surface area (Å²) in [5, 5.41) is 7.52. The van der Waals surface area contributed by atoms with Gasteiger partial charge in [-0.05, 0) is 13.8 Å². The topological polar surface area (TPSA) is 104 Å². The molecule has 10 heteroatoms. The van der Waals surface area contributed by atoms with Gasteiger partial charge in [0.25, 0.3) is 5.34 Å². The van der Waals surface area contributed by atoms with Gasteiger partial charge in [0.2, 0.25) is 0 Å². The number of phosphoric ester groups is 1. The van der Waals surface area contributed by atoms with Gasteiger partial charge >= 0.3 is 15.4 Å². The van der Waals surface area contributed by atoms with Gasteiger partial charge in [0.05, 0.1) is 13.2 Å². The van der Waals surface area contributed by atoms with Crippen molar-refractivity contribution < 1.29 is 31.7 Å². The van der Waals surface area contributed by atoms with Crippen molar-refractivity contribution in [2.45, 2.75) is 19.2 Å². The standard InChI is InChI=1S/C14H21NO7P2/c1-5-20-23(16,21-6-2)14(12-15,13-10-8-7-9-11-13)22-24(17,18-3)19-4/h7-11H,5-6H2,1-4H3. The lowest BCUT2D eigenvalue weighted by molar-refractivity contribution is 0.0737. The quantitative estimate of drug-likeness (QED) is 0.563. The van der Waals surface area contributed by atoms with Crippen LogP contribution in [0.1, 0.15) is 19.4 Å². The highest BCUT2D eigenvalue weighted by Gasteiger charge is 2.59. The third kappa shape index (κ3) is 4.14. The van der Waals surface area contributed by atoms with Crippen molar-refractivity contribution in [2.75, 3.05) is 27.4 Å². The molecule has 1 aromatic rings. The second-order valence-electron chi connectivity index (χ2n) is 4.36. The first-order valence-corrected chi connectivity index (χ1v) is 10.2. The van der Waals surface area contributed by atoms with Gasteiger partial charge in [0, 0.05) is 19.8 Å². The summed E-state index contributed by atoms with van der Waals surface area (Å²) in [6.07, 6.45) is 0. The first-order chi connectivity index (χ1) is 11.4. The van der Waals surface area contributed by atoms with Crippen LogP contribution < -0.4 is 0 Å². The smallest absolute Gasteiger partial charge is 0.306 e. The monoisotopic (exact) mass is 377 g/mol. The van der Waals surface area contributed by atoms with E-state index in [1.807, 2.05) is 0 Å². The van der Waals surface area contributed by atoms with E-state index in [1.165, 1.54) is 12.1 Å². The van der Waals surface area contributed by atoms with Crippen molar-refractivity contribution in [2.24, 2.45) is 0 Å². The lowest BCUT2D eigenvalue weighted by atomic mass is 10.1. The van der Waals surface area contributed by atoms with E-state index in [1.54, 1.807) is 38.1 Å². The van der Waals surface area contributed by atoms with Crippen LogP contribution in [0, 0.1) is 11.3 Å². The van der Waals surface area contributed by atoms with Gasteiger partial charge in [-0.1, -0.05) is 30.3 Å². The highest BCUT2D eigenvalue weighted by molar-refractivity contribution is 7.56. The molecular formula is C14H21NO7P2. The van der Waals surface area contributed by atoms with Crippen LogP contribution in [-0.4, -0.2) is 27.4 Å². The molecule has 0 aromatic heterocycles. The van der Waals surface area contributed by atoms with Crippen molar-refractivity contribution in [3.63, 3.8) is 0 Å². The molecule has 1 rings (SSSR count). The van der Waals surface area contributed by atoms with Gasteiger partial charge in [-0.3, -0.25) is 13.6 Å². The molecule has 8 nitrogen and oxygen atoms in total. The Hall–Kier alpha value is -1.03. The van der Waals surface area contributed by atoms with Crippen LogP contribution in [0.15, 0.2) is 30.3 Å². The second-order valence-corrected chi connectivity index (χ2v) is 8.31. The summed E-state index contributed by atoms with van der Waals surface area (Å²) in [6.45, 7) is 3.15. The Balaban J connectivity index is 3.64. The molecule has 1 unspecified atom stereocenters. The van der Waals surface area contributed by atoms with Gasteiger partial charge in [0.15, 0.2) is 0 Å². The van der Waals surface area contributed by atoms with E-state index in [-0.39, 0.29) is 18.8 Å². The molecule has 0 aliphatic rings. The number of hydrogen-bond acceptors (Lipinski definition) is 8. The summed E-state index contributed by atoms with van der Waals surface area (Å²) in [6, 6.07) is 9.69. The second kappa shape index (κ2) is 8.89. The minimum atomic E-state index is -4.22. The molecule has 0 fully saturated rings. The van der Waals surface area contributed by atoms with Crippen LogP contribution in [0.4, 0.5) is 0 Å². The van der Waals surface area contributed by atoms with Crippen molar-refractivity contribution >= 4 is 15.4 Å². The Morgan fingerprint density at radius 3 is 1.92 bits per heavy atom. The fourth-order valence-electron chi connectivity index (χ4n) is 1.94. The molecule has 0 saturated carbocycles. The number of hydrogen-bond donors (Lipinski definition) is 0. The Labute approximate surface area is 141 Å². The number of benzene rings is 1. The Kier molecular flexibility index (Phi) is 7.78. The first kappa shape index (κ1) is 21.0. The molecule has 0 aliphatic heterocycles. The van der Waals surface area contributed by atoms with E-state index >= 15 is 0 Å². The van der Waals surface area contributed by atoms with Crippen molar-refractivity contribution in [1.29, 1.82) is 5.26 Å². The van der Waals surface area contributed by atoms with Gasteiger partial charge in [0.1, 0.15) is 6.07 Å². The number of nitrogens with zero attached hydrogens (tertiary/aromatic N) is 1. The molecule has 0 N–H and O–H groups in total. The fraction of sp³-hybridized carbons (Fsp3) is 0.500. The molecule has 0 saturated heterocycles. The number of phosphoric acid groups is 1. The normalized spacial score (nSPS) is 14.8. The Morgan fingerprint density at radius 1 is 1.04 bits per heavy atom. The lowest BCUT2D eigenvalue weighted by Gasteiger charge is -2.34. The molecule has 0 radical (unpaired) electrons. The van der Waals surface area contributed by atoms with E-state index in [0.29, 0.717) is 0 Å². The highest BCUT2D eigenvalue weighted by Crippen LogP contribution is 2.70. The summed E-state index contributed by atoms with van der Waals surface area (Å²) < 4.78 is 51.3. The minimum absolute atomic E-state index is 0.0127. The lowest BCUT2D eigenvalue weighted by Crippen LogP contribution is -2.30. The summed E-state index contributed by atoms with van der Waals surface area (Å²) in [7, 11) is -6.23. The van der Waals surface area contributed by atoms with Crippen molar-refractivity contribution in [1.82, 2.24) is 0 Å². The molecule has 134 valence electrons. The summed E-state index contributed by atoms with van der Waals surface area (Å²) in [5.41, 5.74) is 0.145. The van der Waals surface area contributed by atoms with Crippen molar-refractivity contribution in [3.8, 4) is 6.07 Å². The fourth-order valence-corrected chi connectivity index (χ4v) is 5.11. The van der Waals surface area contributed by atoms with Crippen LogP contribution in [0.3, 0.4) is 0 Å². The van der Waals surface area contributed by atoms with Gasteiger partial charge in [-0.15, -0.1) is 0 Å². The van der Waals surface area contributed by atoms with E-state index < -0.39 is 20.8 Å². The van der Waals surface area contributed by atoms with Gasteiger partial charge < -0.3 is 9.05 Å². The summed E-state index contributed by atoms with van der Waals surface area (Å²) in [5.74, 6) is 0. The van der Waals surface area contributed by atoms with Crippen LogP contribution in [0.2, 0.25) is 0 Å². The molecule has 0 amide bonds. The SMILES string of the molecule is CCOP(=O)(OCC)C(C#N)(OP(=O)(OC)OC)c1ccccc1. The van der Waals surface area contributed by atoms with Gasteiger partial charge in [-0.25, -0.2) is 9.09 Å². The number of rotatable bonds is 10. The van der Waals surface area contributed by atoms with E-state index in [2.05, 4.69) is 0 Å². The molecule has 1 aromatic carbocycles. The molecule has 0 spiro atoms. The van der Waals surface area contributed by atoms with E-state index in [9.17, 15) is 14.4 Å². The van der Waals surface area contributed by atoms with E-state index in [4.69, 9.17) is 22.6 Å². The zero-order chi connectivity index (χ0) is 18.3. The summed E-state index contributed by atoms with van der Waals surface area (Å²) >= 11 is 0. The molecule has 1 atom stereocenters. The molecule has 0 bridgehead atoms. The van der Waals surface area contributed by atoms with Crippen LogP contribution >= 0.6 is 15.4 Å². The predicted octanol–water partition coefficient (Wildman–Crippen LogP) is 4.05. The average Bonchev–Trinajstić information content (AvgIpc) is 2.60. The zero-order valence-corrected chi connectivity index (χ0v) is 15.8. The van der Waals surface area contributed by atoms with Crippen molar-refractivity contribution in [3.05, 3.63) is 35.9 Å². The third-order valence-electron chi connectivity index (χ3n) is 2.99. The first-order valence-electron chi connectivity index (χ1n) is 7.15. The summed E-state index contributed by atoms with van der Waals surface area (Å²) in [4.78, 5) is 0. The van der Waals surface area contributed by atoms with Crippen LogP contribution in [0.5, 0.6) is 0 Å². The minimum Gasteiger partial charge on any atom is -0.306 e. The Bertz CT molecular complexity index is 643. The maximum absolute atomic E-state index is 13.4. The molecule has 0 heterocycles. The van der Waals surface area contributed by atoms with Gasteiger partial charge in [-0.2, -0.15) is 5.26 Å². The third-order valence-corrected chi connectivity index (χ3v) is 6.94. The predicted molar refractivity (Wildman–Crippen MR) is 87.3 cm³/mol. The highest BCUT2D eigenvalue weighted by atomic mass is 31.2. The number of nitriles is 1. The molecular weight excluding hydrogens is 356 g/mol.